The standard InChI is InChI=1S/C21H19Cl2N3O3S/c1-13-3-7-18(24-21(27)25-19-10-6-16(23)11-14(19)2)12-20(13)30(28,29)26-17-8-4-15(22)5-9-17/h3-12,26H,1-2H3,(H2,24,25,27). The van der Waals surface area contributed by atoms with Gasteiger partial charge in [-0.25, -0.2) is 13.2 Å². The molecule has 0 aliphatic rings. The Hall–Kier alpha value is -2.74. The van der Waals surface area contributed by atoms with Crippen molar-refractivity contribution in [3.8, 4) is 0 Å². The SMILES string of the molecule is Cc1cc(Cl)ccc1NC(=O)Nc1ccc(C)c(S(=O)(=O)Nc2ccc(Cl)cc2)c1. The summed E-state index contributed by atoms with van der Waals surface area (Å²) in [6.07, 6.45) is 0. The summed E-state index contributed by atoms with van der Waals surface area (Å²) < 4.78 is 28.2. The Morgan fingerprint density at radius 1 is 0.767 bits per heavy atom. The van der Waals surface area contributed by atoms with Crippen LogP contribution in [0.4, 0.5) is 21.9 Å². The lowest BCUT2D eigenvalue weighted by molar-refractivity contribution is 0.262. The number of urea groups is 1. The molecule has 156 valence electrons. The number of nitrogens with one attached hydrogen (secondary N) is 3. The molecule has 0 aliphatic carbocycles. The van der Waals surface area contributed by atoms with Crippen molar-refractivity contribution in [3.05, 3.63) is 81.8 Å². The second kappa shape index (κ2) is 8.95. The second-order valence-electron chi connectivity index (χ2n) is 6.63. The molecule has 0 aliphatic heterocycles. The molecule has 9 heteroatoms. The molecule has 3 N–H and O–H groups in total. The fourth-order valence-corrected chi connectivity index (χ4v) is 4.43. The van der Waals surface area contributed by atoms with Gasteiger partial charge in [0.2, 0.25) is 0 Å². The predicted octanol–water partition coefficient (Wildman–Crippen LogP) is 6.06. The van der Waals surface area contributed by atoms with E-state index in [9.17, 15) is 13.2 Å². The maximum absolute atomic E-state index is 12.8. The summed E-state index contributed by atoms with van der Waals surface area (Å²) in [7, 11) is -3.86. The molecule has 3 aromatic rings. The number of anilines is 3. The molecule has 0 saturated carbocycles. The summed E-state index contributed by atoms with van der Waals surface area (Å²) in [4.78, 5) is 12.4. The number of amides is 2. The number of sulfonamides is 1. The number of aryl methyl sites for hydroxylation is 2. The third kappa shape index (κ3) is 5.44. The smallest absolute Gasteiger partial charge is 0.308 e. The maximum Gasteiger partial charge on any atom is 0.323 e. The van der Waals surface area contributed by atoms with Crippen LogP contribution in [-0.4, -0.2) is 14.4 Å². The van der Waals surface area contributed by atoms with Gasteiger partial charge in [0.1, 0.15) is 0 Å². The lowest BCUT2D eigenvalue weighted by atomic mass is 10.2. The molecule has 3 rings (SSSR count). The van der Waals surface area contributed by atoms with Crippen LogP contribution in [-0.2, 0) is 10.0 Å². The zero-order valence-electron chi connectivity index (χ0n) is 16.2. The molecule has 0 aromatic heterocycles. The average molecular weight is 464 g/mol. The summed E-state index contributed by atoms with van der Waals surface area (Å²) in [5, 5.41) is 6.44. The van der Waals surface area contributed by atoms with Crippen molar-refractivity contribution in [2.24, 2.45) is 0 Å². The van der Waals surface area contributed by atoms with E-state index in [4.69, 9.17) is 23.2 Å². The van der Waals surface area contributed by atoms with E-state index in [0.29, 0.717) is 32.7 Å². The Kier molecular flexibility index (Phi) is 6.55. The van der Waals surface area contributed by atoms with Crippen LogP contribution in [0.5, 0.6) is 0 Å². The number of hydrogen-bond acceptors (Lipinski definition) is 3. The number of carbonyl (C=O) groups excluding carboxylic acids is 1. The minimum Gasteiger partial charge on any atom is -0.308 e. The monoisotopic (exact) mass is 463 g/mol. The molecule has 0 spiro atoms. The quantitative estimate of drug-likeness (QED) is 0.429. The van der Waals surface area contributed by atoms with E-state index in [1.54, 1.807) is 61.5 Å². The molecule has 0 bridgehead atoms. The molecule has 0 saturated heterocycles. The topological polar surface area (TPSA) is 87.3 Å². The molecule has 6 nitrogen and oxygen atoms in total. The van der Waals surface area contributed by atoms with Gasteiger partial charge < -0.3 is 10.6 Å². The number of benzene rings is 3. The van der Waals surface area contributed by atoms with Crippen molar-refractivity contribution in [2.75, 3.05) is 15.4 Å². The minimum atomic E-state index is -3.86. The van der Waals surface area contributed by atoms with E-state index in [0.717, 1.165) is 5.56 Å². The normalized spacial score (nSPS) is 11.1. The molecule has 3 aromatic carbocycles. The first kappa shape index (κ1) is 22.0. The molecule has 0 fully saturated rings. The zero-order valence-corrected chi connectivity index (χ0v) is 18.5. The molecule has 0 radical (unpaired) electrons. The first-order chi connectivity index (χ1) is 14.1. The van der Waals surface area contributed by atoms with Crippen molar-refractivity contribution in [1.82, 2.24) is 0 Å². The number of carbonyl (C=O) groups is 1. The van der Waals surface area contributed by atoms with E-state index in [-0.39, 0.29) is 4.90 Å². The predicted molar refractivity (Wildman–Crippen MR) is 122 cm³/mol. The Morgan fingerprint density at radius 2 is 1.40 bits per heavy atom. The Labute approximate surface area is 185 Å². The van der Waals surface area contributed by atoms with E-state index < -0.39 is 16.1 Å². The summed E-state index contributed by atoms with van der Waals surface area (Å²) >= 11 is 11.8. The van der Waals surface area contributed by atoms with Crippen molar-refractivity contribution in [1.29, 1.82) is 0 Å². The van der Waals surface area contributed by atoms with Gasteiger partial charge in [0.15, 0.2) is 0 Å². The van der Waals surface area contributed by atoms with E-state index in [1.807, 2.05) is 6.92 Å². The van der Waals surface area contributed by atoms with Gasteiger partial charge >= 0.3 is 6.03 Å². The fraction of sp³-hybridized carbons (Fsp3) is 0.0952. The maximum atomic E-state index is 12.8. The van der Waals surface area contributed by atoms with Crippen LogP contribution in [0.2, 0.25) is 10.0 Å². The summed E-state index contributed by atoms with van der Waals surface area (Å²) in [6.45, 7) is 3.50. The molecule has 30 heavy (non-hydrogen) atoms. The number of hydrogen-bond donors (Lipinski definition) is 3. The highest BCUT2D eigenvalue weighted by Crippen LogP contribution is 2.24. The van der Waals surface area contributed by atoms with Crippen molar-refractivity contribution < 1.29 is 13.2 Å². The number of halogens is 2. The van der Waals surface area contributed by atoms with Gasteiger partial charge in [0.25, 0.3) is 10.0 Å². The van der Waals surface area contributed by atoms with Gasteiger partial charge in [-0.05, 0) is 79.6 Å². The van der Waals surface area contributed by atoms with Gasteiger partial charge in [-0.15, -0.1) is 0 Å². The zero-order chi connectivity index (χ0) is 21.9. The lowest BCUT2D eigenvalue weighted by Crippen LogP contribution is -2.20. The van der Waals surface area contributed by atoms with Crippen LogP contribution < -0.4 is 15.4 Å². The largest absolute Gasteiger partial charge is 0.323 e. The highest BCUT2D eigenvalue weighted by Gasteiger charge is 2.18. The summed E-state index contributed by atoms with van der Waals surface area (Å²) in [5.41, 5.74) is 2.66. The van der Waals surface area contributed by atoms with Crippen LogP contribution in [0, 0.1) is 13.8 Å². The van der Waals surface area contributed by atoms with Gasteiger partial charge in [0, 0.05) is 27.1 Å². The molecule has 0 heterocycles. The van der Waals surface area contributed by atoms with Crippen LogP contribution in [0.3, 0.4) is 0 Å². The highest BCUT2D eigenvalue weighted by atomic mass is 35.5. The average Bonchev–Trinajstić information content (AvgIpc) is 2.67. The Bertz CT molecular complexity index is 1200. The van der Waals surface area contributed by atoms with Gasteiger partial charge in [0.05, 0.1) is 4.90 Å². The lowest BCUT2D eigenvalue weighted by Gasteiger charge is -2.14. The van der Waals surface area contributed by atoms with Gasteiger partial charge in [-0.2, -0.15) is 0 Å². The Morgan fingerprint density at radius 3 is 2.07 bits per heavy atom. The first-order valence-corrected chi connectivity index (χ1v) is 11.1. The van der Waals surface area contributed by atoms with Crippen LogP contribution in [0.15, 0.2) is 65.6 Å². The molecule has 0 atom stereocenters. The fourth-order valence-electron chi connectivity index (χ4n) is 2.75. The number of rotatable bonds is 5. The van der Waals surface area contributed by atoms with Crippen LogP contribution in [0.1, 0.15) is 11.1 Å². The van der Waals surface area contributed by atoms with Crippen molar-refractivity contribution >= 4 is 56.3 Å². The third-order valence-corrected chi connectivity index (χ3v) is 6.28. The van der Waals surface area contributed by atoms with Crippen molar-refractivity contribution in [3.63, 3.8) is 0 Å². The van der Waals surface area contributed by atoms with Gasteiger partial charge in [-0.3, -0.25) is 4.72 Å². The Balaban J connectivity index is 1.78. The highest BCUT2D eigenvalue weighted by molar-refractivity contribution is 7.92. The molecular weight excluding hydrogens is 445 g/mol. The minimum absolute atomic E-state index is 0.0536. The van der Waals surface area contributed by atoms with Crippen LogP contribution >= 0.6 is 23.2 Å². The van der Waals surface area contributed by atoms with E-state index in [1.165, 1.54) is 6.07 Å². The van der Waals surface area contributed by atoms with E-state index >= 15 is 0 Å². The molecule has 0 unspecified atom stereocenters. The first-order valence-electron chi connectivity index (χ1n) is 8.87. The van der Waals surface area contributed by atoms with E-state index in [2.05, 4.69) is 15.4 Å². The van der Waals surface area contributed by atoms with Crippen LogP contribution in [0.25, 0.3) is 0 Å². The summed E-state index contributed by atoms with van der Waals surface area (Å²) in [6, 6.07) is 15.6. The summed E-state index contributed by atoms with van der Waals surface area (Å²) in [5.74, 6) is 0. The molecule has 2 amide bonds. The third-order valence-electron chi connectivity index (χ3n) is 4.27. The van der Waals surface area contributed by atoms with Gasteiger partial charge in [-0.1, -0.05) is 29.3 Å². The molecular formula is C21H19Cl2N3O3S. The van der Waals surface area contributed by atoms with Crippen molar-refractivity contribution in [2.45, 2.75) is 18.7 Å². The second-order valence-corrected chi connectivity index (χ2v) is 9.15.